The van der Waals surface area contributed by atoms with Gasteiger partial charge in [0.05, 0.1) is 0 Å². The van der Waals surface area contributed by atoms with Crippen molar-refractivity contribution in [3.63, 3.8) is 0 Å². The lowest BCUT2D eigenvalue weighted by Gasteiger charge is -2.34. The number of nitrogens with zero attached hydrogens (tertiary/aromatic N) is 3. The molecule has 1 aromatic rings. The number of amides is 1. The summed E-state index contributed by atoms with van der Waals surface area (Å²) in [7, 11) is 0. The maximum absolute atomic E-state index is 12.7. The van der Waals surface area contributed by atoms with Crippen LogP contribution in [0.25, 0.3) is 0 Å². The van der Waals surface area contributed by atoms with Crippen molar-refractivity contribution < 1.29 is 4.79 Å². The lowest BCUT2D eigenvalue weighted by molar-refractivity contribution is 0.0698. The number of aryl methyl sites for hydroxylation is 1. The zero-order valence-electron chi connectivity index (χ0n) is 14.0. The maximum Gasteiger partial charge on any atom is 0.274 e. The van der Waals surface area contributed by atoms with E-state index in [1.807, 2.05) is 17.9 Å². The van der Waals surface area contributed by atoms with E-state index in [4.69, 9.17) is 0 Å². The van der Waals surface area contributed by atoms with Gasteiger partial charge in [-0.2, -0.15) is 5.10 Å². The van der Waals surface area contributed by atoms with Crippen LogP contribution in [-0.4, -0.2) is 58.1 Å². The number of carbonyl (C=O) groups is 1. The van der Waals surface area contributed by atoms with Crippen molar-refractivity contribution in [2.75, 3.05) is 26.2 Å². The quantitative estimate of drug-likeness (QED) is 0.928. The molecule has 2 aliphatic rings. The van der Waals surface area contributed by atoms with Crippen molar-refractivity contribution in [2.24, 2.45) is 11.8 Å². The molecular formula is C17H28N4O. The first-order valence-electron chi connectivity index (χ1n) is 8.60. The van der Waals surface area contributed by atoms with E-state index < -0.39 is 0 Å². The van der Waals surface area contributed by atoms with Crippen LogP contribution in [0.3, 0.4) is 0 Å². The van der Waals surface area contributed by atoms with E-state index in [-0.39, 0.29) is 5.91 Å². The average molecular weight is 304 g/mol. The van der Waals surface area contributed by atoms with Gasteiger partial charge >= 0.3 is 0 Å². The first-order valence-corrected chi connectivity index (χ1v) is 8.60. The van der Waals surface area contributed by atoms with Gasteiger partial charge in [-0.15, -0.1) is 0 Å². The molecule has 1 aliphatic carbocycles. The third-order valence-electron chi connectivity index (χ3n) is 4.92. The minimum absolute atomic E-state index is 0.0725. The Labute approximate surface area is 133 Å². The number of aromatic nitrogens is 2. The molecule has 1 saturated heterocycles. The van der Waals surface area contributed by atoms with Gasteiger partial charge in [0.2, 0.25) is 0 Å². The van der Waals surface area contributed by atoms with E-state index in [9.17, 15) is 4.79 Å². The molecule has 0 radical (unpaired) electrons. The van der Waals surface area contributed by atoms with Crippen LogP contribution >= 0.6 is 0 Å². The monoisotopic (exact) mass is 304 g/mol. The van der Waals surface area contributed by atoms with E-state index >= 15 is 0 Å². The number of hydrogen-bond acceptors (Lipinski definition) is 3. The third-order valence-corrected chi connectivity index (χ3v) is 4.92. The van der Waals surface area contributed by atoms with Crippen LogP contribution in [-0.2, 0) is 0 Å². The van der Waals surface area contributed by atoms with Gasteiger partial charge in [0, 0.05) is 37.9 Å². The highest BCUT2D eigenvalue weighted by Gasteiger charge is 2.33. The summed E-state index contributed by atoms with van der Waals surface area (Å²) >= 11 is 0. The molecule has 1 saturated carbocycles. The van der Waals surface area contributed by atoms with E-state index in [1.54, 1.807) is 0 Å². The predicted octanol–water partition coefficient (Wildman–Crippen LogP) is 2.30. The van der Waals surface area contributed by atoms with Gasteiger partial charge in [-0.05, 0) is 44.1 Å². The molecule has 5 heteroatoms. The SMILES string of the molecule is Cc1cc(C(=O)N2CCCN(CC3CC3)C(C(C)C)C2)n[nH]1. The molecule has 1 unspecified atom stereocenters. The van der Waals surface area contributed by atoms with Crippen LogP contribution < -0.4 is 0 Å². The second kappa shape index (κ2) is 6.41. The fourth-order valence-corrected chi connectivity index (χ4v) is 3.43. The van der Waals surface area contributed by atoms with Gasteiger partial charge in [0.15, 0.2) is 0 Å². The fourth-order valence-electron chi connectivity index (χ4n) is 3.43. The summed E-state index contributed by atoms with van der Waals surface area (Å²) in [5, 5.41) is 7.01. The van der Waals surface area contributed by atoms with Crippen molar-refractivity contribution >= 4 is 5.91 Å². The summed E-state index contributed by atoms with van der Waals surface area (Å²) < 4.78 is 0. The fraction of sp³-hybridized carbons (Fsp3) is 0.765. The molecule has 3 rings (SSSR count). The predicted molar refractivity (Wildman–Crippen MR) is 86.8 cm³/mol. The van der Waals surface area contributed by atoms with Crippen LogP contribution in [0.5, 0.6) is 0 Å². The Morgan fingerprint density at radius 2 is 2.18 bits per heavy atom. The number of H-pyrrole nitrogens is 1. The minimum Gasteiger partial charge on any atom is -0.336 e. The molecule has 0 bridgehead atoms. The Balaban J connectivity index is 1.71. The molecule has 5 nitrogen and oxygen atoms in total. The van der Waals surface area contributed by atoms with Gasteiger partial charge in [-0.1, -0.05) is 13.8 Å². The summed E-state index contributed by atoms with van der Waals surface area (Å²) in [6.07, 6.45) is 3.83. The van der Waals surface area contributed by atoms with Crippen LogP contribution in [0, 0.1) is 18.8 Å². The van der Waals surface area contributed by atoms with Crippen molar-refractivity contribution in [3.8, 4) is 0 Å². The number of carbonyl (C=O) groups excluding carboxylic acids is 1. The summed E-state index contributed by atoms with van der Waals surface area (Å²) in [5.74, 6) is 1.54. The highest BCUT2D eigenvalue weighted by Crippen LogP contribution is 2.32. The Hall–Kier alpha value is -1.36. The number of rotatable bonds is 4. The molecule has 2 heterocycles. The van der Waals surface area contributed by atoms with Crippen LogP contribution in [0.15, 0.2) is 6.07 Å². The van der Waals surface area contributed by atoms with Crippen molar-refractivity contribution in [3.05, 3.63) is 17.5 Å². The minimum atomic E-state index is 0.0725. The smallest absolute Gasteiger partial charge is 0.274 e. The second-order valence-electron chi connectivity index (χ2n) is 7.29. The highest BCUT2D eigenvalue weighted by molar-refractivity contribution is 5.92. The van der Waals surface area contributed by atoms with Crippen molar-refractivity contribution in [1.29, 1.82) is 0 Å². The molecule has 1 amide bonds. The molecule has 0 aromatic carbocycles. The van der Waals surface area contributed by atoms with E-state index in [0.717, 1.165) is 37.7 Å². The van der Waals surface area contributed by atoms with E-state index in [0.29, 0.717) is 17.7 Å². The first-order chi connectivity index (χ1) is 10.5. The maximum atomic E-state index is 12.7. The lowest BCUT2D eigenvalue weighted by Crippen LogP contribution is -2.46. The van der Waals surface area contributed by atoms with Gasteiger partial charge < -0.3 is 4.90 Å². The van der Waals surface area contributed by atoms with Gasteiger partial charge in [-0.3, -0.25) is 14.8 Å². The molecule has 1 N–H and O–H groups in total. The Morgan fingerprint density at radius 1 is 1.41 bits per heavy atom. The molecule has 122 valence electrons. The average Bonchev–Trinajstić information content (AvgIpc) is 3.23. The zero-order chi connectivity index (χ0) is 15.7. The third kappa shape index (κ3) is 3.51. The molecule has 1 aromatic heterocycles. The molecular weight excluding hydrogens is 276 g/mol. The molecule has 1 aliphatic heterocycles. The summed E-state index contributed by atoms with van der Waals surface area (Å²) in [4.78, 5) is 17.3. The van der Waals surface area contributed by atoms with Gasteiger partial charge in [0.25, 0.3) is 5.91 Å². The van der Waals surface area contributed by atoms with Gasteiger partial charge in [0.1, 0.15) is 5.69 Å². The topological polar surface area (TPSA) is 52.2 Å². The molecule has 22 heavy (non-hydrogen) atoms. The zero-order valence-corrected chi connectivity index (χ0v) is 14.0. The standard InChI is InChI=1S/C17H28N4O/c1-12(2)16-11-21(17(22)15-9-13(3)18-19-15)8-4-7-20(16)10-14-5-6-14/h9,12,14,16H,4-8,10-11H2,1-3H3,(H,18,19). The Morgan fingerprint density at radius 3 is 2.77 bits per heavy atom. The van der Waals surface area contributed by atoms with E-state index in [2.05, 4.69) is 28.9 Å². The van der Waals surface area contributed by atoms with Gasteiger partial charge in [-0.25, -0.2) is 0 Å². The second-order valence-corrected chi connectivity index (χ2v) is 7.29. The number of aromatic amines is 1. The summed E-state index contributed by atoms with van der Waals surface area (Å²) in [5.41, 5.74) is 1.49. The van der Waals surface area contributed by atoms with Crippen LogP contribution in [0.1, 0.15) is 49.3 Å². The molecule has 1 atom stereocenters. The van der Waals surface area contributed by atoms with E-state index in [1.165, 1.54) is 19.4 Å². The first kappa shape index (κ1) is 15.5. The largest absolute Gasteiger partial charge is 0.336 e. The molecule has 0 spiro atoms. The number of hydrogen-bond donors (Lipinski definition) is 1. The van der Waals surface area contributed by atoms with Crippen LogP contribution in [0.2, 0.25) is 0 Å². The normalized spacial score (nSPS) is 23.8. The molecule has 2 fully saturated rings. The summed E-state index contributed by atoms with van der Waals surface area (Å²) in [6, 6.07) is 2.31. The lowest BCUT2D eigenvalue weighted by atomic mass is 10.0. The Kier molecular flexibility index (Phi) is 4.52. The number of nitrogens with one attached hydrogen (secondary N) is 1. The van der Waals surface area contributed by atoms with Crippen molar-refractivity contribution in [2.45, 2.75) is 46.1 Å². The summed E-state index contributed by atoms with van der Waals surface area (Å²) in [6.45, 7) is 10.5. The Bertz CT molecular complexity index is 520. The highest BCUT2D eigenvalue weighted by atomic mass is 16.2. The van der Waals surface area contributed by atoms with Crippen molar-refractivity contribution in [1.82, 2.24) is 20.0 Å². The van der Waals surface area contributed by atoms with Crippen LogP contribution in [0.4, 0.5) is 0 Å².